The summed E-state index contributed by atoms with van der Waals surface area (Å²) < 4.78 is 0. The Kier molecular flexibility index (Phi) is 6.63. The van der Waals surface area contributed by atoms with Crippen LogP contribution in [0.15, 0.2) is 48.5 Å². The minimum absolute atomic E-state index is 0.0705. The zero-order chi connectivity index (χ0) is 22.5. The smallest absolute Gasteiger partial charge is 0.251 e. The lowest BCUT2D eigenvalue weighted by atomic mass is 10.1. The molecule has 0 spiro atoms. The first-order valence-corrected chi connectivity index (χ1v) is 11.1. The van der Waals surface area contributed by atoms with Crippen molar-refractivity contribution in [1.82, 2.24) is 10.2 Å². The van der Waals surface area contributed by atoms with Gasteiger partial charge in [-0.3, -0.25) is 24.1 Å². The van der Waals surface area contributed by atoms with Crippen molar-refractivity contribution >= 4 is 29.3 Å². The highest BCUT2D eigenvalue weighted by atomic mass is 16.2. The van der Waals surface area contributed by atoms with Crippen LogP contribution >= 0.6 is 0 Å². The Hall–Kier alpha value is -3.48. The van der Waals surface area contributed by atoms with E-state index in [9.17, 15) is 19.2 Å². The van der Waals surface area contributed by atoms with Crippen LogP contribution in [0.1, 0.15) is 60.0 Å². The van der Waals surface area contributed by atoms with Crippen molar-refractivity contribution in [2.45, 2.75) is 51.6 Å². The monoisotopic (exact) mass is 433 g/mol. The number of carbonyl (C=O) groups excluding carboxylic acids is 4. The van der Waals surface area contributed by atoms with E-state index in [2.05, 4.69) is 10.6 Å². The summed E-state index contributed by atoms with van der Waals surface area (Å²) in [6, 6.07) is 14.4. The zero-order valence-electron chi connectivity index (χ0n) is 17.9. The van der Waals surface area contributed by atoms with Crippen LogP contribution in [0.3, 0.4) is 0 Å². The fourth-order valence-electron chi connectivity index (χ4n) is 4.22. The summed E-state index contributed by atoms with van der Waals surface area (Å²) in [6.45, 7) is 0.573. The van der Waals surface area contributed by atoms with Gasteiger partial charge in [0.25, 0.3) is 5.91 Å². The molecule has 1 aliphatic carbocycles. The summed E-state index contributed by atoms with van der Waals surface area (Å²) >= 11 is 0. The van der Waals surface area contributed by atoms with Crippen molar-refractivity contribution in [3.8, 4) is 0 Å². The highest BCUT2D eigenvalue weighted by Gasteiger charge is 2.28. The summed E-state index contributed by atoms with van der Waals surface area (Å²) in [5.41, 5.74) is 2.93. The topological polar surface area (TPSA) is 95.6 Å². The second-order valence-corrected chi connectivity index (χ2v) is 8.42. The molecule has 0 atom stereocenters. The molecule has 0 bridgehead atoms. The van der Waals surface area contributed by atoms with Gasteiger partial charge in [-0.2, -0.15) is 0 Å². The molecular formula is C25H27N3O4. The van der Waals surface area contributed by atoms with Gasteiger partial charge in [0, 0.05) is 36.6 Å². The summed E-state index contributed by atoms with van der Waals surface area (Å²) in [7, 11) is 0. The molecule has 0 radical (unpaired) electrons. The first-order valence-electron chi connectivity index (χ1n) is 11.1. The van der Waals surface area contributed by atoms with E-state index in [4.69, 9.17) is 0 Å². The fourth-order valence-corrected chi connectivity index (χ4v) is 4.22. The Morgan fingerprint density at radius 2 is 1.59 bits per heavy atom. The number of benzene rings is 2. The Morgan fingerprint density at radius 1 is 0.906 bits per heavy atom. The van der Waals surface area contributed by atoms with Gasteiger partial charge in [0.15, 0.2) is 0 Å². The molecule has 4 amide bonds. The average molecular weight is 434 g/mol. The van der Waals surface area contributed by atoms with E-state index in [0.717, 1.165) is 42.5 Å². The first-order chi connectivity index (χ1) is 15.5. The lowest BCUT2D eigenvalue weighted by Crippen LogP contribution is -2.28. The van der Waals surface area contributed by atoms with E-state index in [1.807, 2.05) is 24.3 Å². The summed E-state index contributed by atoms with van der Waals surface area (Å²) in [5, 5.41) is 5.87. The third-order valence-corrected chi connectivity index (χ3v) is 6.09. The first kappa shape index (κ1) is 21.7. The van der Waals surface area contributed by atoms with Crippen LogP contribution in [0.4, 0.5) is 5.69 Å². The maximum atomic E-state index is 12.5. The molecule has 1 heterocycles. The Balaban J connectivity index is 1.30. The van der Waals surface area contributed by atoms with Gasteiger partial charge in [-0.15, -0.1) is 0 Å². The van der Waals surface area contributed by atoms with Crippen LogP contribution in [0, 0.1) is 5.92 Å². The van der Waals surface area contributed by atoms with Crippen molar-refractivity contribution in [1.29, 1.82) is 0 Å². The van der Waals surface area contributed by atoms with E-state index < -0.39 is 0 Å². The molecule has 0 aromatic heterocycles. The second kappa shape index (κ2) is 9.77. The summed E-state index contributed by atoms with van der Waals surface area (Å²) in [5.74, 6) is -0.355. The molecule has 2 aromatic rings. The molecule has 2 fully saturated rings. The number of nitrogens with one attached hydrogen (secondary N) is 2. The third-order valence-electron chi connectivity index (χ3n) is 6.09. The molecule has 1 saturated carbocycles. The zero-order valence-corrected chi connectivity index (χ0v) is 17.9. The normalized spacial score (nSPS) is 16.4. The highest BCUT2D eigenvalue weighted by Crippen LogP contribution is 2.26. The number of carbonyl (C=O) groups is 4. The fraction of sp³-hybridized carbons (Fsp3) is 0.360. The van der Waals surface area contributed by atoms with Gasteiger partial charge >= 0.3 is 0 Å². The molecule has 2 aliphatic rings. The van der Waals surface area contributed by atoms with E-state index in [-0.39, 0.29) is 48.9 Å². The quantitative estimate of drug-likeness (QED) is 0.654. The number of nitrogens with zero attached hydrogens (tertiary/aromatic N) is 1. The minimum Gasteiger partial charge on any atom is -0.348 e. The number of hydrogen-bond acceptors (Lipinski definition) is 4. The molecule has 2 aromatic carbocycles. The molecule has 7 nitrogen and oxygen atoms in total. The van der Waals surface area contributed by atoms with Gasteiger partial charge in [-0.25, -0.2) is 0 Å². The van der Waals surface area contributed by atoms with Crippen molar-refractivity contribution in [2.75, 3.05) is 5.32 Å². The molecule has 7 heteroatoms. The molecular weight excluding hydrogens is 406 g/mol. The maximum Gasteiger partial charge on any atom is 0.251 e. The van der Waals surface area contributed by atoms with Crippen molar-refractivity contribution in [3.63, 3.8) is 0 Å². The SMILES string of the molecule is O=C(NCc1cccc(NC(=O)C2CCCC2)c1)c1ccc(CN2C(=O)CCC2=O)cc1. The standard InChI is InChI=1S/C25H27N3O4/c29-22-12-13-23(30)28(22)16-17-8-10-20(11-9-17)24(31)26-15-18-4-3-7-21(14-18)27-25(32)19-5-1-2-6-19/h3-4,7-11,14,19H,1-2,5-6,12-13,15-16H2,(H,26,31)(H,27,32). The lowest BCUT2D eigenvalue weighted by Gasteiger charge is -2.14. The number of likely N-dealkylation sites (tertiary alicyclic amines) is 1. The summed E-state index contributed by atoms with van der Waals surface area (Å²) in [4.78, 5) is 49.6. The minimum atomic E-state index is -0.217. The van der Waals surface area contributed by atoms with E-state index in [1.54, 1.807) is 24.3 Å². The van der Waals surface area contributed by atoms with Gasteiger partial charge < -0.3 is 10.6 Å². The number of hydrogen-bond donors (Lipinski definition) is 2. The lowest BCUT2D eigenvalue weighted by molar-refractivity contribution is -0.139. The van der Waals surface area contributed by atoms with Gasteiger partial charge in [-0.05, 0) is 48.2 Å². The van der Waals surface area contributed by atoms with Crippen LogP contribution in [-0.4, -0.2) is 28.5 Å². The number of amides is 4. The molecule has 1 aliphatic heterocycles. The Labute approximate surface area is 187 Å². The van der Waals surface area contributed by atoms with Crippen LogP contribution < -0.4 is 10.6 Å². The Morgan fingerprint density at radius 3 is 2.28 bits per heavy atom. The van der Waals surface area contributed by atoms with Gasteiger partial charge in [0.1, 0.15) is 0 Å². The van der Waals surface area contributed by atoms with E-state index >= 15 is 0 Å². The van der Waals surface area contributed by atoms with Gasteiger partial charge in [-0.1, -0.05) is 37.1 Å². The van der Waals surface area contributed by atoms with Crippen molar-refractivity contribution in [3.05, 3.63) is 65.2 Å². The van der Waals surface area contributed by atoms with Crippen LogP contribution in [0.2, 0.25) is 0 Å². The largest absolute Gasteiger partial charge is 0.348 e. The summed E-state index contributed by atoms with van der Waals surface area (Å²) in [6.07, 6.45) is 4.66. The molecule has 166 valence electrons. The number of anilines is 1. The van der Waals surface area contributed by atoms with E-state index in [0.29, 0.717) is 12.1 Å². The van der Waals surface area contributed by atoms with E-state index in [1.165, 1.54) is 4.90 Å². The van der Waals surface area contributed by atoms with Crippen LogP contribution in [0.5, 0.6) is 0 Å². The highest BCUT2D eigenvalue weighted by molar-refractivity contribution is 6.01. The number of imide groups is 1. The Bertz CT molecular complexity index is 1010. The van der Waals surface area contributed by atoms with Crippen LogP contribution in [-0.2, 0) is 27.5 Å². The van der Waals surface area contributed by atoms with Crippen molar-refractivity contribution < 1.29 is 19.2 Å². The average Bonchev–Trinajstić information content (AvgIpc) is 3.45. The predicted molar refractivity (Wildman–Crippen MR) is 119 cm³/mol. The van der Waals surface area contributed by atoms with Crippen LogP contribution in [0.25, 0.3) is 0 Å². The maximum absolute atomic E-state index is 12.5. The predicted octanol–water partition coefficient (Wildman–Crippen LogP) is 3.39. The van der Waals surface area contributed by atoms with Gasteiger partial charge in [0.05, 0.1) is 6.54 Å². The molecule has 1 saturated heterocycles. The molecule has 4 rings (SSSR count). The molecule has 2 N–H and O–H groups in total. The van der Waals surface area contributed by atoms with Gasteiger partial charge in [0.2, 0.25) is 17.7 Å². The molecule has 32 heavy (non-hydrogen) atoms. The third kappa shape index (κ3) is 5.22. The molecule has 0 unspecified atom stereocenters. The second-order valence-electron chi connectivity index (χ2n) is 8.42. The van der Waals surface area contributed by atoms with Crippen molar-refractivity contribution in [2.24, 2.45) is 5.92 Å². The number of rotatable bonds is 7.